The van der Waals surface area contributed by atoms with Crippen molar-refractivity contribution in [2.45, 2.75) is 39.1 Å². The zero-order chi connectivity index (χ0) is 29.8. The minimum absolute atomic E-state index is 0.0915. The van der Waals surface area contributed by atoms with Crippen molar-refractivity contribution in [3.63, 3.8) is 0 Å². The average molecular weight is 565 g/mol. The van der Waals surface area contributed by atoms with Gasteiger partial charge < -0.3 is 25.1 Å². The molecule has 1 fully saturated rings. The standard InChI is InChI=1S/C27H35F3N6O4/c1-4-34-9-11-35(12-10-34)26(40)17-5-7-18(8-6-17)36(24(32)25(39)33-15-27(28,29)30)23(31)20-13-19(16(2)3)21(37)14-22(20)38/h5-8,13-14,16,25,31-33,37-39H,4,9-12,15H2,1-3H3. The molecule has 40 heavy (non-hydrogen) atoms. The summed E-state index contributed by atoms with van der Waals surface area (Å²) in [4.78, 5) is 17.8. The van der Waals surface area contributed by atoms with E-state index in [0.717, 1.165) is 30.6 Å². The van der Waals surface area contributed by atoms with Gasteiger partial charge >= 0.3 is 6.18 Å². The Labute approximate surface area is 230 Å². The molecule has 1 aliphatic rings. The first-order valence-electron chi connectivity index (χ1n) is 12.9. The number of benzene rings is 2. The van der Waals surface area contributed by atoms with Gasteiger partial charge in [-0.05, 0) is 48.4 Å². The molecular weight excluding hydrogens is 529 g/mol. The second-order valence-electron chi connectivity index (χ2n) is 9.82. The summed E-state index contributed by atoms with van der Waals surface area (Å²) in [6.45, 7) is 7.54. The summed E-state index contributed by atoms with van der Waals surface area (Å²) in [6, 6.07) is 8.17. The number of aliphatic hydroxyl groups is 1. The fourth-order valence-electron chi connectivity index (χ4n) is 4.39. The molecule has 0 radical (unpaired) electrons. The highest BCUT2D eigenvalue weighted by Crippen LogP contribution is 2.34. The highest BCUT2D eigenvalue weighted by Gasteiger charge is 2.32. The largest absolute Gasteiger partial charge is 0.508 e. The van der Waals surface area contributed by atoms with E-state index in [1.807, 2.05) is 12.2 Å². The Morgan fingerprint density at radius 3 is 2.17 bits per heavy atom. The zero-order valence-corrected chi connectivity index (χ0v) is 22.6. The predicted octanol–water partition coefficient (Wildman–Crippen LogP) is 3.28. The van der Waals surface area contributed by atoms with Crippen LogP contribution in [-0.4, -0.2) is 94.4 Å². The molecule has 0 bridgehead atoms. The van der Waals surface area contributed by atoms with Gasteiger partial charge in [0.1, 0.15) is 17.3 Å². The van der Waals surface area contributed by atoms with Crippen molar-refractivity contribution in [2.75, 3.05) is 44.2 Å². The van der Waals surface area contributed by atoms with E-state index in [1.165, 1.54) is 30.3 Å². The smallest absolute Gasteiger partial charge is 0.401 e. The molecule has 10 nitrogen and oxygen atoms in total. The third-order valence-electron chi connectivity index (χ3n) is 6.72. The number of carbonyl (C=O) groups excluding carboxylic acids is 1. The lowest BCUT2D eigenvalue weighted by Crippen LogP contribution is -2.51. The van der Waals surface area contributed by atoms with E-state index in [9.17, 15) is 33.3 Å². The maximum absolute atomic E-state index is 13.0. The topological polar surface area (TPSA) is 147 Å². The summed E-state index contributed by atoms with van der Waals surface area (Å²) >= 11 is 0. The minimum atomic E-state index is -4.66. The number of nitrogens with one attached hydrogen (secondary N) is 3. The molecule has 0 aromatic heterocycles. The normalized spacial score (nSPS) is 15.2. The maximum Gasteiger partial charge on any atom is 0.401 e. The molecule has 13 heteroatoms. The number of rotatable bonds is 8. The summed E-state index contributed by atoms with van der Waals surface area (Å²) < 4.78 is 38.3. The molecular formula is C27H35F3N6O4. The van der Waals surface area contributed by atoms with Crippen LogP contribution in [0, 0.1) is 10.8 Å². The number of amidine groups is 2. The van der Waals surface area contributed by atoms with Crippen LogP contribution in [0.25, 0.3) is 0 Å². The lowest BCUT2D eigenvalue weighted by Gasteiger charge is -2.34. The number of likely N-dealkylation sites (N-methyl/N-ethyl adjacent to an activating group) is 1. The molecule has 218 valence electrons. The Hall–Kier alpha value is -3.68. The van der Waals surface area contributed by atoms with Gasteiger partial charge in [0.15, 0.2) is 12.1 Å². The predicted molar refractivity (Wildman–Crippen MR) is 145 cm³/mol. The quantitative estimate of drug-likeness (QED) is 0.164. The van der Waals surface area contributed by atoms with Gasteiger partial charge in [0.2, 0.25) is 0 Å². The number of hydrogen-bond donors (Lipinski definition) is 6. The summed E-state index contributed by atoms with van der Waals surface area (Å²) in [7, 11) is 0. The van der Waals surface area contributed by atoms with E-state index >= 15 is 0 Å². The molecule has 1 aliphatic heterocycles. The van der Waals surface area contributed by atoms with Crippen molar-refractivity contribution in [2.24, 2.45) is 0 Å². The Balaban J connectivity index is 1.95. The number of phenolic OH excluding ortho intramolecular Hbond substituents is 2. The van der Waals surface area contributed by atoms with Crippen LogP contribution in [0.2, 0.25) is 0 Å². The zero-order valence-electron chi connectivity index (χ0n) is 22.6. The van der Waals surface area contributed by atoms with Crippen LogP contribution in [0.3, 0.4) is 0 Å². The summed E-state index contributed by atoms with van der Waals surface area (Å²) in [5.41, 5.74) is 0.706. The molecule has 0 spiro atoms. The number of piperazine rings is 1. The van der Waals surface area contributed by atoms with E-state index in [2.05, 4.69) is 4.90 Å². The SMILES string of the molecule is CCN1CCN(C(=O)c2ccc(N(C(=N)c3cc(C(C)C)c(O)cc3O)C(=N)C(O)NCC(F)(F)F)cc2)CC1. The van der Waals surface area contributed by atoms with Gasteiger partial charge in [-0.25, -0.2) is 0 Å². The Morgan fingerprint density at radius 2 is 1.65 bits per heavy atom. The van der Waals surface area contributed by atoms with Gasteiger partial charge in [0, 0.05) is 43.5 Å². The van der Waals surface area contributed by atoms with Crippen LogP contribution in [-0.2, 0) is 0 Å². The number of anilines is 1. The lowest BCUT2D eigenvalue weighted by molar-refractivity contribution is -0.128. The number of nitrogens with zero attached hydrogens (tertiary/aromatic N) is 3. The number of alkyl halides is 3. The van der Waals surface area contributed by atoms with Crippen LogP contribution in [0.5, 0.6) is 11.5 Å². The molecule has 2 aromatic carbocycles. The third kappa shape index (κ3) is 7.29. The maximum atomic E-state index is 13.0. The van der Waals surface area contributed by atoms with E-state index < -0.39 is 36.4 Å². The highest BCUT2D eigenvalue weighted by molar-refractivity contribution is 6.24. The number of aliphatic hydroxyl groups excluding tert-OH is 1. The molecule has 1 atom stereocenters. The van der Waals surface area contributed by atoms with Crippen molar-refractivity contribution in [1.29, 1.82) is 10.8 Å². The number of hydrogen-bond acceptors (Lipinski definition) is 8. The molecule has 3 rings (SSSR count). The Morgan fingerprint density at radius 1 is 1.05 bits per heavy atom. The molecule has 1 heterocycles. The summed E-state index contributed by atoms with van der Waals surface area (Å²) in [5.74, 6) is -2.47. The van der Waals surface area contributed by atoms with Crippen LogP contribution >= 0.6 is 0 Å². The molecule has 0 saturated carbocycles. The summed E-state index contributed by atoms with van der Waals surface area (Å²) in [6.07, 6.45) is -6.78. The lowest BCUT2D eigenvalue weighted by atomic mass is 9.98. The molecule has 6 N–H and O–H groups in total. The number of halogens is 3. The molecule has 0 aliphatic carbocycles. The summed E-state index contributed by atoms with van der Waals surface area (Å²) in [5, 5.41) is 50.2. The monoisotopic (exact) mass is 564 g/mol. The van der Waals surface area contributed by atoms with Crippen molar-refractivity contribution in [1.82, 2.24) is 15.1 Å². The van der Waals surface area contributed by atoms with Crippen molar-refractivity contribution >= 4 is 23.3 Å². The highest BCUT2D eigenvalue weighted by atomic mass is 19.4. The van der Waals surface area contributed by atoms with Crippen LogP contribution < -0.4 is 10.2 Å². The fourth-order valence-corrected chi connectivity index (χ4v) is 4.39. The minimum Gasteiger partial charge on any atom is -0.508 e. The first-order chi connectivity index (χ1) is 18.7. The molecule has 1 amide bonds. The molecule has 1 unspecified atom stereocenters. The first-order valence-corrected chi connectivity index (χ1v) is 12.9. The van der Waals surface area contributed by atoms with Crippen LogP contribution in [0.15, 0.2) is 36.4 Å². The second kappa shape index (κ2) is 12.7. The van der Waals surface area contributed by atoms with Crippen molar-refractivity contribution < 1.29 is 33.3 Å². The van der Waals surface area contributed by atoms with Gasteiger partial charge in [-0.1, -0.05) is 20.8 Å². The number of phenols is 2. The number of aromatic hydroxyl groups is 2. The van der Waals surface area contributed by atoms with Crippen LogP contribution in [0.1, 0.15) is 48.2 Å². The number of amides is 1. The first kappa shape index (κ1) is 30.9. The van der Waals surface area contributed by atoms with E-state index in [4.69, 9.17) is 10.8 Å². The second-order valence-corrected chi connectivity index (χ2v) is 9.82. The van der Waals surface area contributed by atoms with Crippen molar-refractivity contribution in [3.8, 4) is 11.5 Å². The van der Waals surface area contributed by atoms with Gasteiger partial charge in [-0.3, -0.25) is 25.8 Å². The number of carbonyl (C=O) groups is 1. The molecule has 1 saturated heterocycles. The van der Waals surface area contributed by atoms with Crippen molar-refractivity contribution in [3.05, 3.63) is 53.1 Å². The van der Waals surface area contributed by atoms with Gasteiger partial charge in [-0.2, -0.15) is 13.2 Å². The Kier molecular flexibility index (Phi) is 9.77. The third-order valence-corrected chi connectivity index (χ3v) is 6.72. The fraction of sp³-hybridized carbons (Fsp3) is 0.444. The average Bonchev–Trinajstić information content (AvgIpc) is 2.91. The Bertz CT molecular complexity index is 1230. The van der Waals surface area contributed by atoms with E-state index in [0.29, 0.717) is 24.2 Å². The van der Waals surface area contributed by atoms with E-state index in [1.54, 1.807) is 18.7 Å². The van der Waals surface area contributed by atoms with E-state index in [-0.39, 0.29) is 28.8 Å². The molecule has 2 aromatic rings. The van der Waals surface area contributed by atoms with Gasteiger partial charge in [0.25, 0.3) is 5.91 Å². The van der Waals surface area contributed by atoms with Gasteiger partial charge in [-0.15, -0.1) is 0 Å². The van der Waals surface area contributed by atoms with Gasteiger partial charge in [0.05, 0.1) is 12.1 Å². The van der Waals surface area contributed by atoms with Crippen LogP contribution in [0.4, 0.5) is 18.9 Å².